The molecule has 0 amide bonds. The zero-order chi connectivity index (χ0) is 12.7. The minimum Gasteiger partial charge on any atom is -0.399 e. The maximum atomic E-state index is 11.3. The van der Waals surface area contributed by atoms with Crippen LogP contribution in [-0.4, -0.2) is 54.1 Å². The second-order valence-corrected chi connectivity index (χ2v) is 4.60. The van der Waals surface area contributed by atoms with Gasteiger partial charge < -0.3 is 14.5 Å². The van der Waals surface area contributed by atoms with E-state index in [1.807, 2.05) is 19.0 Å². The summed E-state index contributed by atoms with van der Waals surface area (Å²) in [7, 11) is 7.25. The van der Waals surface area contributed by atoms with Crippen molar-refractivity contribution in [1.29, 1.82) is 0 Å². The number of carbonyl (C=O) groups excluding carboxylic acids is 1. The van der Waals surface area contributed by atoms with E-state index in [1.54, 1.807) is 19.0 Å². The Hall–Kier alpha value is -0.750. The molecule has 0 bridgehead atoms. The third-order valence-electron chi connectivity index (χ3n) is 1.84. The highest BCUT2D eigenvalue weighted by Crippen LogP contribution is 2.02. The van der Waals surface area contributed by atoms with Crippen molar-refractivity contribution in [2.75, 3.05) is 28.2 Å². The molecule has 0 N–H and O–H groups in total. The first-order chi connectivity index (χ1) is 7.34. The Bertz CT molecular complexity index is 278. The van der Waals surface area contributed by atoms with Gasteiger partial charge in [-0.3, -0.25) is 4.79 Å². The van der Waals surface area contributed by atoms with Gasteiger partial charge in [-0.1, -0.05) is 12.2 Å². The second kappa shape index (κ2) is 7.51. The summed E-state index contributed by atoms with van der Waals surface area (Å²) in [6.07, 6.45) is 1.74. The molecule has 0 aliphatic carbocycles. The van der Waals surface area contributed by atoms with Crippen molar-refractivity contribution >= 4 is 40.6 Å². The fourth-order valence-electron chi connectivity index (χ4n) is 0.847. The van der Waals surface area contributed by atoms with Gasteiger partial charge in [-0.25, -0.2) is 0 Å². The summed E-state index contributed by atoms with van der Waals surface area (Å²) >= 11 is 9.95. The van der Waals surface area contributed by atoms with E-state index in [2.05, 4.69) is 0 Å². The van der Waals surface area contributed by atoms with E-state index in [1.165, 1.54) is 0 Å². The Labute approximate surface area is 108 Å². The zero-order valence-electron chi connectivity index (χ0n) is 10.1. The van der Waals surface area contributed by atoms with Gasteiger partial charge in [-0.2, -0.15) is 0 Å². The maximum absolute atomic E-state index is 11.3. The summed E-state index contributed by atoms with van der Waals surface area (Å²) in [6, 6.07) is 0. The molecule has 4 nitrogen and oxygen atoms in total. The molecular formula is C10H18N2O2S2. The first-order valence-electron chi connectivity index (χ1n) is 4.96. The van der Waals surface area contributed by atoms with Crippen molar-refractivity contribution in [3.63, 3.8) is 0 Å². The third kappa shape index (κ3) is 6.68. The number of rotatable bonds is 4. The summed E-state index contributed by atoms with van der Waals surface area (Å²) in [5, 5.41) is 0.195. The maximum Gasteiger partial charge on any atom is 0.313 e. The molecule has 0 aromatic rings. The molecule has 0 fully saturated rings. The topological polar surface area (TPSA) is 32.8 Å². The van der Waals surface area contributed by atoms with Gasteiger partial charge in [0.15, 0.2) is 0 Å². The Morgan fingerprint density at radius 2 is 1.62 bits per heavy atom. The van der Waals surface area contributed by atoms with Gasteiger partial charge in [0.2, 0.25) is 0 Å². The smallest absolute Gasteiger partial charge is 0.313 e. The van der Waals surface area contributed by atoms with E-state index in [0.29, 0.717) is 19.3 Å². The minimum absolute atomic E-state index is 0.195. The average Bonchev–Trinajstić information content (AvgIpc) is 2.16. The Morgan fingerprint density at radius 3 is 2.06 bits per heavy atom. The lowest BCUT2D eigenvalue weighted by Crippen LogP contribution is -2.25. The lowest BCUT2D eigenvalue weighted by atomic mass is 10.2. The van der Waals surface area contributed by atoms with Crippen molar-refractivity contribution in [2.45, 2.75) is 19.3 Å². The van der Waals surface area contributed by atoms with Gasteiger partial charge in [0.1, 0.15) is 0 Å². The van der Waals surface area contributed by atoms with E-state index in [0.717, 1.165) is 4.99 Å². The van der Waals surface area contributed by atoms with E-state index in [4.69, 9.17) is 29.2 Å². The highest BCUT2D eigenvalue weighted by molar-refractivity contribution is 7.80. The van der Waals surface area contributed by atoms with E-state index in [-0.39, 0.29) is 11.1 Å². The van der Waals surface area contributed by atoms with Crippen LogP contribution in [-0.2, 0) is 9.53 Å². The predicted molar refractivity (Wildman–Crippen MR) is 72.5 cm³/mol. The SMILES string of the molecule is CN(C)C(=S)CCCC(=O)OC(=S)N(C)C. The van der Waals surface area contributed by atoms with Gasteiger partial charge in [-0.15, -0.1) is 0 Å². The van der Waals surface area contributed by atoms with E-state index < -0.39 is 0 Å². The Morgan fingerprint density at radius 1 is 1.06 bits per heavy atom. The van der Waals surface area contributed by atoms with Crippen LogP contribution in [0.25, 0.3) is 0 Å². The number of hydrogen-bond acceptors (Lipinski definition) is 4. The highest BCUT2D eigenvalue weighted by Gasteiger charge is 2.09. The summed E-state index contributed by atoms with van der Waals surface area (Å²) < 4.78 is 4.92. The Balaban J connectivity index is 3.75. The molecule has 0 rings (SSSR count). The van der Waals surface area contributed by atoms with Crippen LogP contribution in [0.15, 0.2) is 0 Å². The van der Waals surface area contributed by atoms with Crippen molar-refractivity contribution in [2.24, 2.45) is 0 Å². The quantitative estimate of drug-likeness (QED) is 0.563. The molecule has 16 heavy (non-hydrogen) atoms. The lowest BCUT2D eigenvalue weighted by molar-refractivity contribution is -0.136. The minimum atomic E-state index is -0.305. The first kappa shape index (κ1) is 15.2. The second-order valence-electron chi connectivity index (χ2n) is 3.78. The Kier molecular flexibility index (Phi) is 7.16. The van der Waals surface area contributed by atoms with Crippen molar-refractivity contribution < 1.29 is 9.53 Å². The zero-order valence-corrected chi connectivity index (χ0v) is 11.8. The molecule has 0 radical (unpaired) electrons. The third-order valence-corrected chi connectivity index (χ3v) is 2.85. The van der Waals surface area contributed by atoms with E-state index in [9.17, 15) is 4.79 Å². The van der Waals surface area contributed by atoms with Crippen LogP contribution in [0.3, 0.4) is 0 Å². The van der Waals surface area contributed by atoms with Gasteiger partial charge in [0.05, 0.1) is 4.99 Å². The van der Waals surface area contributed by atoms with Crippen molar-refractivity contribution in [1.82, 2.24) is 9.80 Å². The van der Waals surface area contributed by atoms with Crippen molar-refractivity contribution in [3.8, 4) is 0 Å². The van der Waals surface area contributed by atoms with Crippen LogP contribution < -0.4 is 0 Å². The number of carbonyl (C=O) groups is 1. The van der Waals surface area contributed by atoms with Crippen LogP contribution >= 0.6 is 24.4 Å². The predicted octanol–water partition coefficient (Wildman–Crippen LogP) is 1.44. The van der Waals surface area contributed by atoms with Crippen LogP contribution in [0.4, 0.5) is 0 Å². The number of ether oxygens (including phenoxy) is 1. The summed E-state index contributed by atoms with van der Waals surface area (Å²) in [6.45, 7) is 0. The molecule has 6 heteroatoms. The van der Waals surface area contributed by atoms with Crippen LogP contribution in [0.5, 0.6) is 0 Å². The van der Waals surface area contributed by atoms with Crippen LogP contribution in [0.2, 0.25) is 0 Å². The van der Waals surface area contributed by atoms with Crippen molar-refractivity contribution in [3.05, 3.63) is 0 Å². The van der Waals surface area contributed by atoms with Crippen LogP contribution in [0, 0.1) is 0 Å². The van der Waals surface area contributed by atoms with Gasteiger partial charge in [0, 0.05) is 34.6 Å². The molecule has 0 aromatic heterocycles. The monoisotopic (exact) mass is 262 g/mol. The van der Waals surface area contributed by atoms with Gasteiger partial charge in [-0.05, 0) is 25.1 Å². The molecule has 0 aliphatic rings. The molecular weight excluding hydrogens is 244 g/mol. The molecule has 0 saturated carbocycles. The van der Waals surface area contributed by atoms with Gasteiger partial charge >= 0.3 is 5.97 Å². The summed E-state index contributed by atoms with van der Waals surface area (Å²) in [4.78, 5) is 15.6. The number of hydrogen-bond donors (Lipinski definition) is 0. The number of esters is 1. The van der Waals surface area contributed by atoms with Gasteiger partial charge in [0.25, 0.3) is 5.17 Å². The fraction of sp³-hybridized carbons (Fsp3) is 0.700. The normalized spacial score (nSPS) is 9.50. The number of nitrogens with zero attached hydrogens (tertiary/aromatic N) is 2. The molecule has 0 saturated heterocycles. The molecule has 0 atom stereocenters. The summed E-state index contributed by atoms with van der Waals surface area (Å²) in [5.74, 6) is -0.305. The molecule has 0 spiro atoms. The molecule has 92 valence electrons. The molecule has 0 unspecified atom stereocenters. The molecule has 0 aliphatic heterocycles. The standard InChI is InChI=1S/C10H18N2O2S2/c1-11(2)8(15)6-5-7-9(13)14-10(16)12(3)4/h5-7H2,1-4H3. The fourth-order valence-corrected chi connectivity index (χ4v) is 1.08. The first-order valence-corrected chi connectivity index (χ1v) is 5.78. The van der Waals surface area contributed by atoms with Crippen LogP contribution in [0.1, 0.15) is 19.3 Å². The average molecular weight is 262 g/mol. The lowest BCUT2D eigenvalue weighted by Gasteiger charge is -2.14. The molecule has 0 heterocycles. The largest absolute Gasteiger partial charge is 0.399 e. The highest BCUT2D eigenvalue weighted by atomic mass is 32.1. The molecule has 0 aromatic carbocycles. The summed E-state index contributed by atoms with van der Waals surface area (Å²) in [5.41, 5.74) is 0. The van der Waals surface area contributed by atoms with E-state index >= 15 is 0 Å². The number of thiocarbonyl (C=S) groups is 2.